The summed E-state index contributed by atoms with van der Waals surface area (Å²) in [4.78, 5) is 4.92. The third-order valence-corrected chi connectivity index (χ3v) is 1.49. The van der Waals surface area contributed by atoms with Crippen LogP contribution in [0.5, 0.6) is 0 Å². The third kappa shape index (κ3) is 2.37. The monoisotopic (exact) mass is 142 g/mol. The summed E-state index contributed by atoms with van der Waals surface area (Å²) in [5.74, 6) is 0. The van der Waals surface area contributed by atoms with Gasteiger partial charge in [0.2, 0.25) is 0 Å². The van der Waals surface area contributed by atoms with Gasteiger partial charge in [0, 0.05) is 5.70 Å². The maximum absolute atomic E-state index is 4.92. The van der Waals surface area contributed by atoms with Gasteiger partial charge in [-0.2, -0.15) is 0 Å². The topological polar surface area (TPSA) is 33.3 Å². The number of hydrogen-bond donors (Lipinski definition) is 2. The Bertz CT molecular complexity index is 123. The number of nitrogens with one attached hydrogen (secondary N) is 2. The summed E-state index contributed by atoms with van der Waals surface area (Å²) in [7, 11) is 1.97. The van der Waals surface area contributed by atoms with E-state index in [1.165, 1.54) is 12.1 Å². The zero-order chi connectivity index (χ0) is 7.23. The lowest BCUT2D eigenvalue weighted by atomic mass is 10.2. The summed E-state index contributed by atoms with van der Waals surface area (Å²) < 4.78 is 0. The van der Waals surface area contributed by atoms with Gasteiger partial charge in [-0.25, -0.2) is 0 Å². The molecule has 0 aliphatic carbocycles. The van der Waals surface area contributed by atoms with E-state index < -0.39 is 0 Å². The maximum Gasteiger partial charge on any atom is 0.0947 e. The quantitative estimate of drug-likeness (QED) is 0.558. The fourth-order valence-corrected chi connectivity index (χ4v) is 0.927. The van der Waals surface area contributed by atoms with Crippen molar-refractivity contribution in [2.24, 2.45) is 0 Å². The molecule has 0 fully saturated rings. The molecule has 0 atom stereocenters. The fourth-order valence-electron chi connectivity index (χ4n) is 0.927. The van der Waals surface area contributed by atoms with Crippen LogP contribution in [-0.4, -0.2) is 20.2 Å². The van der Waals surface area contributed by atoms with Crippen LogP contribution in [-0.2, 0) is 4.84 Å². The minimum atomic E-state index is 0.717. The smallest absolute Gasteiger partial charge is 0.0947 e. The molecule has 1 aliphatic heterocycles. The molecule has 0 aromatic heterocycles. The molecule has 2 N–H and O–H groups in total. The first kappa shape index (κ1) is 7.57. The molecule has 3 heteroatoms. The zero-order valence-electron chi connectivity index (χ0n) is 6.31. The van der Waals surface area contributed by atoms with Crippen LogP contribution in [0.1, 0.15) is 12.8 Å². The lowest BCUT2D eigenvalue weighted by Gasteiger charge is -2.01. The first-order valence-corrected chi connectivity index (χ1v) is 3.65. The highest BCUT2D eigenvalue weighted by Crippen LogP contribution is 2.04. The third-order valence-electron chi connectivity index (χ3n) is 1.49. The lowest BCUT2D eigenvalue weighted by Crippen LogP contribution is -2.10. The number of allylic oxidation sites excluding steroid dienone is 1. The van der Waals surface area contributed by atoms with Crippen molar-refractivity contribution in [1.82, 2.24) is 10.8 Å². The molecular formula is C7H14N2O. The molecule has 0 aromatic rings. The number of hydroxylamine groups is 1. The molecule has 0 aromatic carbocycles. The van der Waals surface area contributed by atoms with Crippen molar-refractivity contribution in [1.29, 1.82) is 0 Å². The Labute approximate surface area is 61.4 Å². The molecule has 1 rings (SSSR count). The number of hydrogen-bond acceptors (Lipinski definition) is 3. The van der Waals surface area contributed by atoms with E-state index in [9.17, 15) is 0 Å². The van der Waals surface area contributed by atoms with Crippen molar-refractivity contribution in [2.45, 2.75) is 12.8 Å². The Kier molecular flexibility index (Phi) is 3.26. The van der Waals surface area contributed by atoms with Gasteiger partial charge in [0.1, 0.15) is 0 Å². The van der Waals surface area contributed by atoms with Gasteiger partial charge in [0.05, 0.1) is 6.61 Å². The maximum atomic E-state index is 4.92. The Balaban J connectivity index is 2.01. The van der Waals surface area contributed by atoms with Gasteiger partial charge in [-0.1, -0.05) is 0 Å². The Morgan fingerprint density at radius 1 is 1.80 bits per heavy atom. The van der Waals surface area contributed by atoms with Crippen molar-refractivity contribution in [2.75, 3.05) is 20.2 Å². The molecule has 0 amide bonds. The van der Waals surface area contributed by atoms with Crippen molar-refractivity contribution >= 4 is 0 Å². The Morgan fingerprint density at radius 3 is 3.30 bits per heavy atom. The summed E-state index contributed by atoms with van der Waals surface area (Å²) >= 11 is 0. The largest absolute Gasteiger partial charge is 0.320 e. The van der Waals surface area contributed by atoms with E-state index in [1.54, 1.807) is 0 Å². The summed E-state index contributed by atoms with van der Waals surface area (Å²) in [5, 5.41) is 3.10. The van der Waals surface area contributed by atoms with Crippen LogP contribution in [0.2, 0.25) is 0 Å². The molecule has 0 saturated carbocycles. The molecule has 10 heavy (non-hydrogen) atoms. The van der Waals surface area contributed by atoms with E-state index in [2.05, 4.69) is 16.9 Å². The molecule has 3 nitrogen and oxygen atoms in total. The zero-order valence-corrected chi connectivity index (χ0v) is 6.31. The Hall–Kier alpha value is -0.540. The lowest BCUT2D eigenvalue weighted by molar-refractivity contribution is 0.106. The van der Waals surface area contributed by atoms with E-state index in [0.717, 1.165) is 19.6 Å². The molecule has 1 aliphatic rings. The van der Waals surface area contributed by atoms with Crippen molar-refractivity contribution < 1.29 is 4.84 Å². The second-order valence-electron chi connectivity index (χ2n) is 2.35. The molecule has 58 valence electrons. The van der Waals surface area contributed by atoms with Gasteiger partial charge in [0.25, 0.3) is 0 Å². The van der Waals surface area contributed by atoms with E-state index in [-0.39, 0.29) is 0 Å². The second-order valence-corrected chi connectivity index (χ2v) is 2.35. The molecule has 0 unspecified atom stereocenters. The fraction of sp³-hybridized carbons (Fsp3) is 0.714. The van der Waals surface area contributed by atoms with Crippen LogP contribution in [0.25, 0.3) is 0 Å². The van der Waals surface area contributed by atoms with Crippen LogP contribution in [0.4, 0.5) is 0 Å². The SMILES string of the molecule is CNCCCC1=CCON1. The highest BCUT2D eigenvalue weighted by molar-refractivity contribution is 5.00. The normalized spacial score (nSPS) is 16.7. The van der Waals surface area contributed by atoms with Gasteiger partial charge in [-0.05, 0) is 32.5 Å². The van der Waals surface area contributed by atoms with E-state index >= 15 is 0 Å². The first-order valence-electron chi connectivity index (χ1n) is 3.65. The van der Waals surface area contributed by atoms with Crippen LogP contribution in [0.3, 0.4) is 0 Å². The first-order chi connectivity index (χ1) is 4.93. The van der Waals surface area contributed by atoms with Gasteiger partial charge < -0.3 is 5.32 Å². The molecule has 0 bridgehead atoms. The molecule has 0 radical (unpaired) electrons. The van der Waals surface area contributed by atoms with Gasteiger partial charge >= 0.3 is 0 Å². The highest BCUT2D eigenvalue weighted by atomic mass is 16.6. The standard InChI is InChI=1S/C7H14N2O/c1-8-5-2-3-7-4-6-10-9-7/h4,8-9H,2-3,5-6H2,1H3. The molecule has 0 saturated heterocycles. The van der Waals surface area contributed by atoms with Gasteiger partial charge in [-0.3, -0.25) is 10.3 Å². The summed E-state index contributed by atoms with van der Waals surface area (Å²) in [6, 6.07) is 0. The van der Waals surface area contributed by atoms with Gasteiger partial charge in [0.15, 0.2) is 0 Å². The predicted octanol–water partition coefficient (Wildman–Crippen LogP) is 0.405. The molecule has 1 heterocycles. The molecular weight excluding hydrogens is 128 g/mol. The minimum absolute atomic E-state index is 0.717. The highest BCUT2D eigenvalue weighted by Gasteiger charge is 2.01. The minimum Gasteiger partial charge on any atom is -0.320 e. The Morgan fingerprint density at radius 2 is 2.70 bits per heavy atom. The summed E-state index contributed by atoms with van der Waals surface area (Å²) in [6.07, 6.45) is 4.33. The van der Waals surface area contributed by atoms with Crippen LogP contribution < -0.4 is 10.8 Å². The summed E-state index contributed by atoms with van der Waals surface area (Å²) in [5.41, 5.74) is 4.07. The van der Waals surface area contributed by atoms with Crippen LogP contribution in [0.15, 0.2) is 11.8 Å². The average molecular weight is 142 g/mol. The predicted molar refractivity (Wildman–Crippen MR) is 40.3 cm³/mol. The average Bonchev–Trinajstić information content (AvgIpc) is 2.41. The van der Waals surface area contributed by atoms with Gasteiger partial charge in [-0.15, -0.1) is 0 Å². The van der Waals surface area contributed by atoms with Crippen molar-refractivity contribution in [3.8, 4) is 0 Å². The van der Waals surface area contributed by atoms with E-state index in [4.69, 9.17) is 4.84 Å². The van der Waals surface area contributed by atoms with E-state index in [0.29, 0.717) is 0 Å². The van der Waals surface area contributed by atoms with Crippen molar-refractivity contribution in [3.63, 3.8) is 0 Å². The van der Waals surface area contributed by atoms with E-state index in [1.807, 2.05) is 7.05 Å². The van der Waals surface area contributed by atoms with Crippen LogP contribution in [0, 0.1) is 0 Å². The second kappa shape index (κ2) is 4.30. The van der Waals surface area contributed by atoms with Crippen LogP contribution >= 0.6 is 0 Å². The number of rotatable bonds is 4. The van der Waals surface area contributed by atoms with Crippen molar-refractivity contribution in [3.05, 3.63) is 11.8 Å². The molecule has 0 spiro atoms. The summed E-state index contributed by atoms with van der Waals surface area (Å²) in [6.45, 7) is 1.79.